The first-order valence-corrected chi connectivity index (χ1v) is 7.14. The fourth-order valence-electron chi connectivity index (χ4n) is 2.74. The van der Waals surface area contributed by atoms with E-state index in [-0.39, 0.29) is 11.4 Å². The summed E-state index contributed by atoms with van der Waals surface area (Å²) in [5, 5.41) is 22.0. The molecule has 0 amide bonds. The third kappa shape index (κ3) is 2.37. The lowest BCUT2D eigenvalue weighted by molar-refractivity contribution is -0.383. The molecule has 0 spiro atoms. The largest absolute Gasteiger partial charge is 0.508 e. The summed E-state index contributed by atoms with van der Waals surface area (Å²) in [5.74, 6) is 0.549. The first-order chi connectivity index (χ1) is 10.9. The van der Waals surface area contributed by atoms with E-state index in [2.05, 4.69) is 0 Å². The fraction of sp³-hybridized carbons (Fsp3) is 0.125. The van der Waals surface area contributed by atoms with Crippen molar-refractivity contribution in [3.8, 4) is 17.2 Å². The van der Waals surface area contributed by atoms with Gasteiger partial charge in [-0.1, -0.05) is 11.6 Å². The highest BCUT2D eigenvalue weighted by Crippen LogP contribution is 2.37. The van der Waals surface area contributed by atoms with E-state index in [0.29, 0.717) is 33.1 Å². The number of hydrogen-bond donors (Lipinski definition) is 1. The summed E-state index contributed by atoms with van der Waals surface area (Å²) in [6, 6.07) is 9.58. The molecule has 2 aromatic carbocycles. The van der Waals surface area contributed by atoms with Crippen LogP contribution in [0.4, 0.5) is 5.69 Å². The molecule has 7 heteroatoms. The molecule has 23 heavy (non-hydrogen) atoms. The Hall–Kier alpha value is -2.73. The molecule has 1 aromatic heterocycles. The van der Waals surface area contributed by atoms with Gasteiger partial charge in [0, 0.05) is 11.8 Å². The summed E-state index contributed by atoms with van der Waals surface area (Å²) in [4.78, 5) is 11.0. The standard InChI is InChI=1S/C16H13ClN2O4/c1-9-16(19(21)22)12-5-4-11(20)8-14(12)18(9)10-3-6-15(23-2)13(17)7-10/h3-8,20H,1-2H3. The number of ether oxygens (including phenoxy) is 1. The van der Waals surface area contributed by atoms with Gasteiger partial charge in [0.2, 0.25) is 0 Å². The van der Waals surface area contributed by atoms with E-state index in [1.165, 1.54) is 25.3 Å². The summed E-state index contributed by atoms with van der Waals surface area (Å²) < 4.78 is 6.82. The van der Waals surface area contributed by atoms with E-state index >= 15 is 0 Å². The molecule has 0 saturated heterocycles. The van der Waals surface area contributed by atoms with Crippen molar-refractivity contribution in [3.63, 3.8) is 0 Å². The Morgan fingerprint density at radius 1 is 1.26 bits per heavy atom. The van der Waals surface area contributed by atoms with Gasteiger partial charge >= 0.3 is 0 Å². The molecule has 3 rings (SSSR count). The summed E-state index contributed by atoms with van der Waals surface area (Å²) >= 11 is 6.16. The second kappa shape index (κ2) is 5.48. The third-order valence-electron chi connectivity index (χ3n) is 3.73. The Balaban J connectivity index is 2.37. The van der Waals surface area contributed by atoms with Crippen molar-refractivity contribution in [2.45, 2.75) is 6.92 Å². The van der Waals surface area contributed by atoms with Crippen LogP contribution >= 0.6 is 11.6 Å². The van der Waals surface area contributed by atoms with Crippen molar-refractivity contribution in [1.29, 1.82) is 0 Å². The number of nitro groups is 1. The number of hydrogen-bond acceptors (Lipinski definition) is 4. The van der Waals surface area contributed by atoms with Crippen LogP contribution < -0.4 is 4.74 Å². The summed E-state index contributed by atoms with van der Waals surface area (Å²) in [7, 11) is 1.51. The molecular weight excluding hydrogens is 320 g/mol. The van der Waals surface area contributed by atoms with Crippen molar-refractivity contribution < 1.29 is 14.8 Å². The zero-order valence-corrected chi connectivity index (χ0v) is 13.2. The van der Waals surface area contributed by atoms with Crippen molar-refractivity contribution in [3.05, 3.63) is 57.2 Å². The smallest absolute Gasteiger partial charge is 0.298 e. The highest BCUT2D eigenvalue weighted by Gasteiger charge is 2.24. The van der Waals surface area contributed by atoms with Gasteiger partial charge in [0.05, 0.1) is 33.7 Å². The minimum atomic E-state index is -0.420. The lowest BCUT2D eigenvalue weighted by atomic mass is 10.2. The van der Waals surface area contributed by atoms with Crippen LogP contribution in [-0.2, 0) is 0 Å². The van der Waals surface area contributed by atoms with Crippen LogP contribution in [0.5, 0.6) is 11.5 Å². The number of rotatable bonds is 3. The topological polar surface area (TPSA) is 77.5 Å². The summed E-state index contributed by atoms with van der Waals surface area (Å²) in [6.45, 7) is 1.66. The van der Waals surface area contributed by atoms with Gasteiger partial charge in [0.1, 0.15) is 11.5 Å². The second-order valence-corrected chi connectivity index (χ2v) is 5.45. The Morgan fingerprint density at radius 3 is 2.61 bits per heavy atom. The molecule has 1 N–H and O–H groups in total. The lowest BCUT2D eigenvalue weighted by Gasteiger charge is -2.10. The number of methoxy groups -OCH3 is 1. The Morgan fingerprint density at radius 2 is 2.00 bits per heavy atom. The van der Waals surface area contributed by atoms with Crippen molar-refractivity contribution >= 4 is 28.2 Å². The predicted octanol–water partition coefficient (Wildman–Crippen LogP) is 4.21. The van der Waals surface area contributed by atoms with Gasteiger partial charge in [-0.25, -0.2) is 0 Å². The second-order valence-electron chi connectivity index (χ2n) is 5.05. The molecule has 0 fully saturated rings. The molecule has 6 nitrogen and oxygen atoms in total. The molecule has 0 bridgehead atoms. The number of halogens is 1. The van der Waals surface area contributed by atoms with Crippen molar-refractivity contribution in [1.82, 2.24) is 4.57 Å². The molecule has 118 valence electrons. The first kappa shape index (κ1) is 15.2. The van der Waals surface area contributed by atoms with Gasteiger partial charge in [-0.3, -0.25) is 10.1 Å². The average Bonchev–Trinajstić information content (AvgIpc) is 2.78. The maximum atomic E-state index is 11.4. The van der Waals surface area contributed by atoms with E-state index < -0.39 is 4.92 Å². The van der Waals surface area contributed by atoms with Gasteiger partial charge in [-0.15, -0.1) is 0 Å². The summed E-state index contributed by atoms with van der Waals surface area (Å²) in [6.07, 6.45) is 0. The Bertz CT molecular complexity index is 933. The van der Waals surface area contributed by atoms with Gasteiger partial charge in [0.15, 0.2) is 0 Å². The third-order valence-corrected chi connectivity index (χ3v) is 4.03. The monoisotopic (exact) mass is 332 g/mol. The molecule has 0 atom stereocenters. The molecule has 0 radical (unpaired) electrons. The van der Waals surface area contributed by atoms with E-state index in [4.69, 9.17) is 16.3 Å². The van der Waals surface area contributed by atoms with Crippen LogP contribution in [0.1, 0.15) is 5.69 Å². The van der Waals surface area contributed by atoms with Gasteiger partial charge in [-0.2, -0.15) is 0 Å². The molecular formula is C16H13ClN2O4. The highest BCUT2D eigenvalue weighted by atomic mass is 35.5. The van der Waals surface area contributed by atoms with E-state index in [9.17, 15) is 15.2 Å². The molecule has 0 aliphatic carbocycles. The van der Waals surface area contributed by atoms with Gasteiger partial charge in [0.25, 0.3) is 5.69 Å². The number of fused-ring (bicyclic) bond motifs is 1. The van der Waals surface area contributed by atoms with E-state index in [0.717, 1.165) is 0 Å². The van der Waals surface area contributed by atoms with Gasteiger partial charge < -0.3 is 14.4 Å². The zero-order chi connectivity index (χ0) is 16.7. The quantitative estimate of drug-likeness (QED) is 0.575. The number of phenols is 1. The Kier molecular flexibility index (Phi) is 3.61. The SMILES string of the molecule is COc1ccc(-n2c(C)c([N+](=O)[O-])c3ccc(O)cc32)cc1Cl. The average molecular weight is 333 g/mol. The summed E-state index contributed by atoms with van der Waals surface area (Å²) in [5.41, 5.74) is 1.65. The lowest BCUT2D eigenvalue weighted by Crippen LogP contribution is -1.98. The molecule has 0 unspecified atom stereocenters. The van der Waals surface area contributed by atoms with Crippen LogP contribution in [-0.4, -0.2) is 21.7 Å². The highest BCUT2D eigenvalue weighted by molar-refractivity contribution is 6.32. The molecule has 3 aromatic rings. The predicted molar refractivity (Wildman–Crippen MR) is 87.9 cm³/mol. The maximum absolute atomic E-state index is 11.4. The van der Waals surface area contributed by atoms with Crippen LogP contribution in [0.3, 0.4) is 0 Å². The minimum Gasteiger partial charge on any atom is -0.508 e. The number of nitrogens with zero attached hydrogens (tertiary/aromatic N) is 2. The van der Waals surface area contributed by atoms with Gasteiger partial charge in [-0.05, 0) is 37.3 Å². The van der Waals surface area contributed by atoms with Crippen molar-refractivity contribution in [2.75, 3.05) is 7.11 Å². The van der Waals surface area contributed by atoms with Crippen LogP contribution in [0.15, 0.2) is 36.4 Å². The van der Waals surface area contributed by atoms with E-state index in [1.54, 1.807) is 29.7 Å². The van der Waals surface area contributed by atoms with Crippen molar-refractivity contribution in [2.24, 2.45) is 0 Å². The number of aromatic hydroxyl groups is 1. The molecule has 1 heterocycles. The molecule has 0 saturated carbocycles. The number of aromatic nitrogens is 1. The minimum absolute atomic E-state index is 0.00643. The Labute approximate surface area is 136 Å². The van der Waals surface area contributed by atoms with Crippen LogP contribution in [0, 0.1) is 17.0 Å². The first-order valence-electron chi connectivity index (χ1n) is 6.76. The maximum Gasteiger partial charge on any atom is 0.298 e. The van der Waals surface area contributed by atoms with E-state index in [1.807, 2.05) is 0 Å². The molecule has 0 aliphatic rings. The molecule has 0 aliphatic heterocycles. The normalized spacial score (nSPS) is 10.9. The number of benzene rings is 2. The van der Waals surface area contributed by atoms with Crippen LogP contribution in [0.2, 0.25) is 5.02 Å². The van der Waals surface area contributed by atoms with Crippen LogP contribution in [0.25, 0.3) is 16.6 Å². The fourth-order valence-corrected chi connectivity index (χ4v) is 3.00. The zero-order valence-electron chi connectivity index (χ0n) is 12.4. The number of phenolic OH excluding ortho intramolecular Hbond substituents is 1.